The zero-order valence-corrected chi connectivity index (χ0v) is 16.8. The van der Waals surface area contributed by atoms with Crippen LogP contribution in [-0.2, 0) is 13.6 Å². The van der Waals surface area contributed by atoms with Gasteiger partial charge < -0.3 is 4.57 Å². The lowest BCUT2D eigenvalue weighted by Crippen LogP contribution is -2.29. The standard InChI is InChI=1S/C14H16BrClN4O2.C2H6/c1-4-9(6-5-8(2)16)7-20-10-11(17-13(20)15)19(3)14(22)18-12(10)21;1-2/h5-6H,4,7H2,1-3H3,(H,18,21,22);1-2H3/b8-5+,9-6+;. The molecule has 132 valence electrons. The van der Waals surface area contributed by atoms with Gasteiger partial charge in [0.25, 0.3) is 5.56 Å². The van der Waals surface area contributed by atoms with E-state index >= 15 is 0 Å². The van der Waals surface area contributed by atoms with Gasteiger partial charge in [0.05, 0.1) is 0 Å². The van der Waals surface area contributed by atoms with E-state index in [1.165, 1.54) is 4.57 Å². The molecule has 0 spiro atoms. The molecular formula is C16H22BrClN4O2. The van der Waals surface area contributed by atoms with E-state index in [0.717, 1.165) is 12.0 Å². The van der Waals surface area contributed by atoms with Crippen molar-refractivity contribution in [2.75, 3.05) is 0 Å². The maximum absolute atomic E-state index is 12.1. The van der Waals surface area contributed by atoms with Crippen molar-refractivity contribution in [1.82, 2.24) is 19.1 Å². The van der Waals surface area contributed by atoms with E-state index in [-0.39, 0.29) is 0 Å². The molecule has 0 fully saturated rings. The van der Waals surface area contributed by atoms with E-state index < -0.39 is 11.2 Å². The number of allylic oxidation sites excluding steroid dienone is 4. The maximum atomic E-state index is 12.1. The van der Waals surface area contributed by atoms with Gasteiger partial charge in [-0.15, -0.1) is 0 Å². The van der Waals surface area contributed by atoms with Crippen LogP contribution in [0.3, 0.4) is 0 Å². The summed E-state index contributed by atoms with van der Waals surface area (Å²) in [7, 11) is 1.57. The number of aromatic amines is 1. The molecule has 24 heavy (non-hydrogen) atoms. The molecule has 2 heterocycles. The first-order valence-corrected chi connectivity index (χ1v) is 8.89. The normalized spacial score (nSPS) is 12.3. The Labute approximate surface area is 154 Å². The molecule has 2 aromatic heterocycles. The van der Waals surface area contributed by atoms with E-state index in [1.807, 2.05) is 32.9 Å². The van der Waals surface area contributed by atoms with Crippen LogP contribution in [-0.4, -0.2) is 19.1 Å². The molecule has 0 radical (unpaired) electrons. The van der Waals surface area contributed by atoms with Gasteiger partial charge in [-0.25, -0.2) is 9.78 Å². The number of aromatic nitrogens is 4. The molecule has 1 N–H and O–H groups in total. The summed E-state index contributed by atoms with van der Waals surface area (Å²) in [5.74, 6) is 0. The lowest BCUT2D eigenvalue weighted by atomic mass is 10.2. The quantitative estimate of drug-likeness (QED) is 0.609. The number of hydrogen-bond acceptors (Lipinski definition) is 3. The third-order valence-corrected chi connectivity index (χ3v) is 4.06. The van der Waals surface area contributed by atoms with Gasteiger partial charge in [-0.3, -0.25) is 14.3 Å². The van der Waals surface area contributed by atoms with E-state index in [0.29, 0.717) is 27.5 Å². The fourth-order valence-electron chi connectivity index (χ4n) is 2.07. The summed E-state index contributed by atoms with van der Waals surface area (Å²) in [5, 5.41) is 0.681. The van der Waals surface area contributed by atoms with Crippen LogP contribution in [0.25, 0.3) is 11.2 Å². The van der Waals surface area contributed by atoms with Crippen LogP contribution in [0, 0.1) is 0 Å². The van der Waals surface area contributed by atoms with Crippen LogP contribution < -0.4 is 11.2 Å². The number of nitrogens with one attached hydrogen (secondary N) is 1. The molecule has 0 saturated carbocycles. The first-order chi connectivity index (χ1) is 11.3. The minimum Gasteiger partial charge on any atom is -0.309 e. The second kappa shape index (κ2) is 9.03. The third-order valence-electron chi connectivity index (χ3n) is 3.32. The first-order valence-electron chi connectivity index (χ1n) is 7.72. The summed E-state index contributed by atoms with van der Waals surface area (Å²) in [6.45, 7) is 8.31. The molecular weight excluding hydrogens is 396 g/mol. The number of hydrogen-bond donors (Lipinski definition) is 1. The van der Waals surface area contributed by atoms with Crippen LogP contribution in [0.4, 0.5) is 0 Å². The smallest absolute Gasteiger partial charge is 0.309 e. The van der Waals surface area contributed by atoms with E-state index in [2.05, 4.69) is 25.9 Å². The molecule has 0 aromatic carbocycles. The predicted molar refractivity (Wildman–Crippen MR) is 103 cm³/mol. The van der Waals surface area contributed by atoms with Crippen molar-refractivity contribution in [3.63, 3.8) is 0 Å². The van der Waals surface area contributed by atoms with Gasteiger partial charge in [0.1, 0.15) is 0 Å². The average molecular weight is 418 g/mol. The van der Waals surface area contributed by atoms with Gasteiger partial charge >= 0.3 is 5.69 Å². The Morgan fingerprint density at radius 3 is 2.50 bits per heavy atom. The molecule has 0 aliphatic heterocycles. The summed E-state index contributed by atoms with van der Waals surface area (Å²) in [5.41, 5.74) is 0.853. The van der Waals surface area contributed by atoms with Crippen LogP contribution >= 0.6 is 27.5 Å². The monoisotopic (exact) mass is 416 g/mol. The van der Waals surface area contributed by atoms with Crippen LogP contribution in [0.15, 0.2) is 37.1 Å². The van der Waals surface area contributed by atoms with Crippen molar-refractivity contribution >= 4 is 38.7 Å². The molecule has 0 amide bonds. The molecule has 0 saturated heterocycles. The third kappa shape index (κ3) is 4.48. The second-order valence-electron chi connectivity index (χ2n) is 4.89. The Kier molecular flexibility index (Phi) is 7.69. The van der Waals surface area contributed by atoms with E-state index in [4.69, 9.17) is 11.6 Å². The Morgan fingerprint density at radius 2 is 1.96 bits per heavy atom. The van der Waals surface area contributed by atoms with Gasteiger partial charge in [0.2, 0.25) is 0 Å². The molecule has 0 aliphatic rings. The predicted octanol–water partition coefficient (Wildman–Crippen LogP) is 3.69. The number of imidazole rings is 1. The Balaban J connectivity index is 0.00000139. The van der Waals surface area contributed by atoms with E-state index in [9.17, 15) is 9.59 Å². The van der Waals surface area contributed by atoms with Gasteiger partial charge in [-0.2, -0.15) is 0 Å². The number of fused-ring (bicyclic) bond motifs is 1. The Bertz CT molecular complexity index is 886. The molecule has 2 rings (SSSR count). The lowest BCUT2D eigenvalue weighted by Gasteiger charge is -2.08. The Hall–Kier alpha value is -1.60. The number of H-pyrrole nitrogens is 1. The van der Waals surface area contributed by atoms with Crippen molar-refractivity contribution in [2.45, 2.75) is 40.7 Å². The number of halogens is 2. The highest BCUT2D eigenvalue weighted by Crippen LogP contribution is 2.19. The van der Waals surface area contributed by atoms with Crippen molar-refractivity contribution in [3.05, 3.63) is 48.3 Å². The van der Waals surface area contributed by atoms with E-state index in [1.54, 1.807) is 18.5 Å². The van der Waals surface area contributed by atoms with Crippen molar-refractivity contribution < 1.29 is 0 Å². The van der Waals surface area contributed by atoms with Crippen LogP contribution in [0.2, 0.25) is 0 Å². The maximum Gasteiger partial charge on any atom is 0.329 e. The van der Waals surface area contributed by atoms with Gasteiger partial charge in [-0.05, 0) is 35.4 Å². The largest absolute Gasteiger partial charge is 0.329 e. The summed E-state index contributed by atoms with van der Waals surface area (Å²) in [6, 6.07) is 0. The summed E-state index contributed by atoms with van der Waals surface area (Å²) in [6.07, 6.45) is 4.54. The molecule has 8 heteroatoms. The zero-order valence-electron chi connectivity index (χ0n) is 14.5. The highest BCUT2D eigenvalue weighted by Gasteiger charge is 2.16. The topological polar surface area (TPSA) is 72.7 Å². The molecule has 0 unspecified atom stereocenters. The fraction of sp³-hybridized carbons (Fsp3) is 0.438. The first kappa shape index (κ1) is 20.4. The highest BCUT2D eigenvalue weighted by atomic mass is 79.9. The molecule has 0 atom stereocenters. The zero-order chi connectivity index (χ0) is 18.4. The highest BCUT2D eigenvalue weighted by molar-refractivity contribution is 9.10. The van der Waals surface area contributed by atoms with Crippen LogP contribution in [0.1, 0.15) is 34.1 Å². The molecule has 0 bridgehead atoms. The van der Waals surface area contributed by atoms with Gasteiger partial charge in [0, 0.05) is 18.6 Å². The van der Waals surface area contributed by atoms with Crippen LogP contribution in [0.5, 0.6) is 0 Å². The van der Waals surface area contributed by atoms with Gasteiger partial charge in [0.15, 0.2) is 15.9 Å². The minimum absolute atomic E-state index is 0.347. The molecule has 0 aliphatic carbocycles. The molecule has 6 nitrogen and oxygen atoms in total. The summed E-state index contributed by atoms with van der Waals surface area (Å²) < 4.78 is 3.55. The number of rotatable bonds is 4. The van der Waals surface area contributed by atoms with Crippen molar-refractivity contribution in [2.24, 2.45) is 7.05 Å². The average Bonchev–Trinajstić information content (AvgIpc) is 2.88. The minimum atomic E-state index is -0.485. The lowest BCUT2D eigenvalue weighted by molar-refractivity contribution is 0.754. The van der Waals surface area contributed by atoms with Gasteiger partial charge in [-0.1, -0.05) is 44.0 Å². The molecule has 2 aromatic rings. The second-order valence-corrected chi connectivity index (χ2v) is 6.19. The number of aryl methyl sites for hydroxylation is 1. The van der Waals surface area contributed by atoms with Crippen molar-refractivity contribution in [1.29, 1.82) is 0 Å². The number of nitrogens with zero attached hydrogens (tertiary/aromatic N) is 3. The summed E-state index contributed by atoms with van der Waals surface area (Å²) >= 11 is 9.20. The Morgan fingerprint density at radius 1 is 1.33 bits per heavy atom. The SMILES string of the molecule is CC.CC/C(=C\C=C(/C)Cl)Cn1c(Br)nc2c1c(=O)[nH]c(=O)n2C. The fourth-order valence-corrected chi connectivity index (χ4v) is 2.60. The van der Waals surface area contributed by atoms with Crippen molar-refractivity contribution in [3.8, 4) is 0 Å². The summed E-state index contributed by atoms with van der Waals surface area (Å²) in [4.78, 5) is 30.3.